The SMILES string of the molecule is CC(C)(CCNC(=O)NCc1cscn1)CCC(=O)O. The lowest BCUT2D eigenvalue weighted by Gasteiger charge is -2.23. The number of hydrogen-bond acceptors (Lipinski definition) is 4. The van der Waals surface area contributed by atoms with Gasteiger partial charge in [-0.05, 0) is 18.3 Å². The van der Waals surface area contributed by atoms with Crippen LogP contribution >= 0.6 is 11.3 Å². The molecule has 112 valence electrons. The largest absolute Gasteiger partial charge is 0.481 e. The summed E-state index contributed by atoms with van der Waals surface area (Å²) in [6.45, 7) is 4.95. The zero-order valence-corrected chi connectivity index (χ0v) is 12.6. The Morgan fingerprint density at radius 2 is 2.10 bits per heavy atom. The highest BCUT2D eigenvalue weighted by Gasteiger charge is 2.19. The van der Waals surface area contributed by atoms with Gasteiger partial charge < -0.3 is 15.7 Å². The van der Waals surface area contributed by atoms with E-state index in [0.29, 0.717) is 19.5 Å². The van der Waals surface area contributed by atoms with E-state index < -0.39 is 5.97 Å². The van der Waals surface area contributed by atoms with Crippen molar-refractivity contribution in [3.05, 3.63) is 16.6 Å². The zero-order valence-electron chi connectivity index (χ0n) is 11.8. The van der Waals surface area contributed by atoms with Crippen molar-refractivity contribution in [2.24, 2.45) is 5.41 Å². The molecule has 3 N–H and O–H groups in total. The van der Waals surface area contributed by atoms with Gasteiger partial charge in [0.1, 0.15) is 0 Å². The summed E-state index contributed by atoms with van der Waals surface area (Å²) >= 11 is 1.49. The summed E-state index contributed by atoms with van der Waals surface area (Å²) in [7, 11) is 0. The minimum Gasteiger partial charge on any atom is -0.481 e. The number of thiazole rings is 1. The lowest BCUT2D eigenvalue weighted by Crippen LogP contribution is -2.37. The predicted molar refractivity (Wildman–Crippen MR) is 77.6 cm³/mol. The first-order valence-corrected chi connectivity index (χ1v) is 7.44. The van der Waals surface area contributed by atoms with Crippen LogP contribution in [0.2, 0.25) is 0 Å². The molecule has 0 aliphatic rings. The Morgan fingerprint density at radius 3 is 2.70 bits per heavy atom. The number of nitrogens with one attached hydrogen (secondary N) is 2. The van der Waals surface area contributed by atoms with Gasteiger partial charge >= 0.3 is 12.0 Å². The molecule has 0 fully saturated rings. The van der Waals surface area contributed by atoms with Crippen molar-refractivity contribution >= 4 is 23.3 Å². The highest BCUT2D eigenvalue weighted by atomic mass is 32.1. The van der Waals surface area contributed by atoms with Crippen LogP contribution in [-0.4, -0.2) is 28.6 Å². The molecule has 0 aliphatic carbocycles. The molecule has 0 aliphatic heterocycles. The molecular weight excluding hydrogens is 278 g/mol. The van der Waals surface area contributed by atoms with Crippen LogP contribution in [0.15, 0.2) is 10.9 Å². The van der Waals surface area contributed by atoms with E-state index in [1.807, 2.05) is 19.2 Å². The maximum Gasteiger partial charge on any atom is 0.315 e. The Hall–Kier alpha value is -1.63. The molecule has 6 nitrogen and oxygen atoms in total. The lowest BCUT2D eigenvalue weighted by atomic mass is 9.84. The van der Waals surface area contributed by atoms with Gasteiger partial charge in [0.15, 0.2) is 0 Å². The van der Waals surface area contributed by atoms with Crippen molar-refractivity contribution in [3.63, 3.8) is 0 Å². The summed E-state index contributed by atoms with van der Waals surface area (Å²) < 4.78 is 0. The number of aromatic nitrogens is 1. The average molecular weight is 299 g/mol. The van der Waals surface area contributed by atoms with E-state index >= 15 is 0 Å². The maximum absolute atomic E-state index is 11.5. The van der Waals surface area contributed by atoms with Crippen LogP contribution < -0.4 is 10.6 Å². The molecule has 1 aromatic rings. The van der Waals surface area contributed by atoms with Crippen molar-refractivity contribution in [2.75, 3.05) is 6.54 Å². The number of carbonyl (C=O) groups is 2. The smallest absolute Gasteiger partial charge is 0.315 e. The Labute approximate surface area is 122 Å². The van der Waals surface area contributed by atoms with Gasteiger partial charge in [-0.15, -0.1) is 11.3 Å². The number of amides is 2. The Bertz CT molecular complexity index is 432. The quantitative estimate of drug-likeness (QED) is 0.686. The molecule has 2 amide bonds. The molecule has 0 aromatic carbocycles. The molecule has 7 heteroatoms. The van der Waals surface area contributed by atoms with Crippen molar-refractivity contribution in [3.8, 4) is 0 Å². The fourth-order valence-corrected chi connectivity index (χ4v) is 2.20. The third kappa shape index (κ3) is 7.08. The van der Waals surface area contributed by atoms with E-state index in [-0.39, 0.29) is 17.9 Å². The van der Waals surface area contributed by atoms with Crippen LogP contribution in [0.3, 0.4) is 0 Å². The molecule has 0 spiro atoms. The molecule has 0 unspecified atom stereocenters. The zero-order chi connectivity index (χ0) is 15.0. The Morgan fingerprint density at radius 1 is 1.35 bits per heavy atom. The number of rotatable bonds is 8. The van der Waals surface area contributed by atoms with Gasteiger partial charge in [-0.25, -0.2) is 9.78 Å². The van der Waals surface area contributed by atoms with Gasteiger partial charge in [0, 0.05) is 18.3 Å². The predicted octanol–water partition coefficient (Wildman–Crippen LogP) is 2.22. The van der Waals surface area contributed by atoms with Gasteiger partial charge in [0.05, 0.1) is 17.7 Å². The molecule has 1 aromatic heterocycles. The summed E-state index contributed by atoms with van der Waals surface area (Å²) in [5, 5.41) is 16.0. The molecule has 0 radical (unpaired) electrons. The third-order valence-electron chi connectivity index (χ3n) is 3.02. The topological polar surface area (TPSA) is 91.3 Å². The van der Waals surface area contributed by atoms with Gasteiger partial charge in [-0.2, -0.15) is 0 Å². The minimum atomic E-state index is -0.785. The fourth-order valence-electron chi connectivity index (χ4n) is 1.64. The second-order valence-electron chi connectivity index (χ2n) is 5.40. The second-order valence-corrected chi connectivity index (χ2v) is 6.12. The first-order chi connectivity index (χ1) is 9.39. The molecule has 0 bridgehead atoms. The first kappa shape index (κ1) is 16.4. The Kier molecular flexibility index (Phi) is 6.44. The average Bonchev–Trinajstić information content (AvgIpc) is 2.87. The first-order valence-electron chi connectivity index (χ1n) is 6.50. The lowest BCUT2D eigenvalue weighted by molar-refractivity contribution is -0.137. The van der Waals surface area contributed by atoms with E-state index in [9.17, 15) is 9.59 Å². The molecular formula is C13H21N3O3S. The number of carboxylic acid groups (broad SMARTS) is 1. The highest BCUT2D eigenvalue weighted by Crippen LogP contribution is 2.25. The minimum absolute atomic E-state index is 0.0966. The molecule has 0 atom stereocenters. The summed E-state index contributed by atoms with van der Waals surface area (Å²) in [6, 6.07) is -0.230. The van der Waals surface area contributed by atoms with E-state index in [0.717, 1.165) is 12.1 Å². The molecule has 1 heterocycles. The Balaban J connectivity index is 2.15. The number of hydrogen-bond donors (Lipinski definition) is 3. The van der Waals surface area contributed by atoms with Gasteiger partial charge in [-0.3, -0.25) is 4.79 Å². The van der Waals surface area contributed by atoms with Crippen LogP contribution in [0, 0.1) is 5.41 Å². The van der Waals surface area contributed by atoms with Crippen molar-refractivity contribution < 1.29 is 14.7 Å². The number of carboxylic acids is 1. The normalized spacial score (nSPS) is 11.1. The summed E-state index contributed by atoms with van der Waals surface area (Å²) in [5.41, 5.74) is 2.47. The van der Waals surface area contributed by atoms with Gasteiger partial charge in [-0.1, -0.05) is 13.8 Å². The molecule has 0 saturated heterocycles. The van der Waals surface area contributed by atoms with Gasteiger partial charge in [0.2, 0.25) is 0 Å². The standard InChI is InChI=1S/C13H21N3O3S/c1-13(2,4-3-11(17)18)5-6-14-12(19)15-7-10-8-20-9-16-10/h8-9H,3-7H2,1-2H3,(H,17,18)(H2,14,15,19). The number of carbonyl (C=O) groups excluding carboxylic acids is 1. The van der Waals surface area contributed by atoms with Crippen LogP contribution in [-0.2, 0) is 11.3 Å². The van der Waals surface area contributed by atoms with E-state index in [1.165, 1.54) is 11.3 Å². The van der Waals surface area contributed by atoms with E-state index in [2.05, 4.69) is 15.6 Å². The van der Waals surface area contributed by atoms with E-state index in [4.69, 9.17) is 5.11 Å². The van der Waals surface area contributed by atoms with Crippen LogP contribution in [0.4, 0.5) is 4.79 Å². The van der Waals surface area contributed by atoms with Crippen LogP contribution in [0.5, 0.6) is 0 Å². The fraction of sp³-hybridized carbons (Fsp3) is 0.615. The monoisotopic (exact) mass is 299 g/mol. The number of nitrogens with zero attached hydrogens (tertiary/aromatic N) is 1. The van der Waals surface area contributed by atoms with Crippen LogP contribution in [0.25, 0.3) is 0 Å². The number of urea groups is 1. The van der Waals surface area contributed by atoms with Crippen molar-refractivity contribution in [1.29, 1.82) is 0 Å². The molecule has 20 heavy (non-hydrogen) atoms. The third-order valence-corrected chi connectivity index (χ3v) is 3.65. The maximum atomic E-state index is 11.5. The van der Waals surface area contributed by atoms with Gasteiger partial charge in [0.25, 0.3) is 0 Å². The van der Waals surface area contributed by atoms with Crippen LogP contribution in [0.1, 0.15) is 38.8 Å². The summed E-state index contributed by atoms with van der Waals surface area (Å²) in [6.07, 6.45) is 1.50. The molecule has 0 saturated carbocycles. The van der Waals surface area contributed by atoms with Crippen molar-refractivity contribution in [1.82, 2.24) is 15.6 Å². The van der Waals surface area contributed by atoms with E-state index in [1.54, 1.807) is 5.51 Å². The second kappa shape index (κ2) is 7.84. The summed E-state index contributed by atoms with van der Waals surface area (Å²) in [5.74, 6) is -0.785. The van der Waals surface area contributed by atoms with Crippen molar-refractivity contribution in [2.45, 2.75) is 39.7 Å². The number of aliphatic carboxylic acids is 1. The highest BCUT2D eigenvalue weighted by molar-refractivity contribution is 7.07. The molecule has 1 rings (SSSR count). The summed E-state index contributed by atoms with van der Waals surface area (Å²) in [4.78, 5) is 26.2.